The Labute approximate surface area is 237 Å². The number of hydrogen-bond donors (Lipinski definition) is 0. The fourth-order valence-corrected chi connectivity index (χ4v) is 6.58. The number of benzene rings is 4. The highest BCUT2D eigenvalue weighted by Crippen LogP contribution is 2.42. The number of pyridine rings is 2. The van der Waals surface area contributed by atoms with Crippen LogP contribution in [0.15, 0.2) is 140 Å². The lowest BCUT2D eigenvalue weighted by molar-refractivity contribution is 1.24. The molecule has 0 atom stereocenters. The van der Waals surface area contributed by atoms with E-state index >= 15 is 0 Å². The third-order valence-electron chi connectivity index (χ3n) is 8.34. The number of allylic oxidation sites excluding steroid dienone is 5. The van der Waals surface area contributed by atoms with E-state index in [1.165, 1.54) is 48.9 Å². The second-order valence-corrected chi connectivity index (χ2v) is 10.4. The van der Waals surface area contributed by atoms with Gasteiger partial charge in [-0.05, 0) is 78.1 Å². The first kappa shape index (κ1) is 23.5. The summed E-state index contributed by atoms with van der Waals surface area (Å²) in [6.07, 6.45) is 10.0. The van der Waals surface area contributed by atoms with E-state index in [-0.39, 0.29) is 0 Å². The quantitative estimate of drug-likeness (QED) is 0.165. The van der Waals surface area contributed by atoms with Crippen molar-refractivity contribution in [2.24, 2.45) is 0 Å². The van der Waals surface area contributed by atoms with Crippen molar-refractivity contribution in [2.45, 2.75) is 6.92 Å². The Morgan fingerprint density at radius 1 is 0.659 bits per heavy atom. The summed E-state index contributed by atoms with van der Waals surface area (Å²) in [5.41, 5.74) is 9.28. The molecule has 0 aliphatic rings. The third kappa shape index (κ3) is 3.36. The maximum Gasteiger partial charge on any atom is 0.0554 e. The Hall–Kier alpha value is -5.41. The maximum atomic E-state index is 4.26. The standard InChI is InChI=1S/C38H27N3/c1-3-25(26-19-21-39-22-20-26)23-28(4-2)40-34-16-10-7-13-31(34)38-35(40)18-17-30-29-12-6-9-15-33(29)41-32-14-8-5-11-27(32)24-36(41)37(30)38/h3-24H,2H2,1H3/b25-3+,28-23+. The monoisotopic (exact) mass is 525 g/mol. The number of para-hydroxylation sites is 3. The van der Waals surface area contributed by atoms with Gasteiger partial charge in [-0.25, -0.2) is 0 Å². The van der Waals surface area contributed by atoms with E-state index in [0.29, 0.717) is 0 Å². The summed E-state index contributed by atoms with van der Waals surface area (Å²) >= 11 is 0. The van der Waals surface area contributed by atoms with Crippen LogP contribution in [0.5, 0.6) is 0 Å². The van der Waals surface area contributed by atoms with E-state index in [9.17, 15) is 0 Å². The van der Waals surface area contributed by atoms with Crippen LogP contribution in [0.4, 0.5) is 0 Å². The summed E-state index contributed by atoms with van der Waals surface area (Å²) < 4.78 is 4.79. The predicted molar refractivity (Wildman–Crippen MR) is 175 cm³/mol. The molecule has 0 N–H and O–H groups in total. The smallest absolute Gasteiger partial charge is 0.0554 e. The molecule has 8 aromatic rings. The Bertz CT molecular complexity index is 2380. The van der Waals surface area contributed by atoms with E-state index in [1.54, 1.807) is 0 Å². The van der Waals surface area contributed by atoms with Gasteiger partial charge in [0.2, 0.25) is 0 Å². The molecule has 4 heterocycles. The third-order valence-corrected chi connectivity index (χ3v) is 8.34. The highest BCUT2D eigenvalue weighted by atomic mass is 15.0. The molecule has 0 aliphatic heterocycles. The van der Waals surface area contributed by atoms with E-state index in [2.05, 4.69) is 131 Å². The first-order valence-corrected chi connectivity index (χ1v) is 14.0. The Balaban J connectivity index is 1.56. The zero-order chi connectivity index (χ0) is 27.5. The molecule has 194 valence electrons. The fraction of sp³-hybridized carbons (Fsp3) is 0.0263. The van der Waals surface area contributed by atoms with Crippen LogP contribution >= 0.6 is 0 Å². The van der Waals surface area contributed by atoms with Crippen LogP contribution in [0, 0.1) is 0 Å². The predicted octanol–water partition coefficient (Wildman–Crippen LogP) is 10.0. The van der Waals surface area contributed by atoms with Gasteiger partial charge in [-0.2, -0.15) is 0 Å². The van der Waals surface area contributed by atoms with Crippen molar-refractivity contribution in [1.82, 2.24) is 14.0 Å². The fourth-order valence-electron chi connectivity index (χ4n) is 6.58. The summed E-state index contributed by atoms with van der Waals surface area (Å²) in [6.45, 7) is 6.34. The minimum absolute atomic E-state index is 1.03. The molecule has 0 fully saturated rings. The molecule has 0 amide bonds. The second-order valence-electron chi connectivity index (χ2n) is 10.4. The van der Waals surface area contributed by atoms with Crippen molar-refractivity contribution < 1.29 is 0 Å². The second kappa shape index (κ2) is 9.07. The van der Waals surface area contributed by atoms with Gasteiger partial charge in [0.1, 0.15) is 0 Å². The Morgan fingerprint density at radius 3 is 2.12 bits per heavy atom. The van der Waals surface area contributed by atoms with Gasteiger partial charge in [-0.1, -0.05) is 73.3 Å². The largest absolute Gasteiger partial charge is 0.309 e. The van der Waals surface area contributed by atoms with Gasteiger partial charge < -0.3 is 8.97 Å². The Morgan fingerprint density at radius 2 is 1.34 bits per heavy atom. The van der Waals surface area contributed by atoms with Gasteiger partial charge >= 0.3 is 0 Å². The van der Waals surface area contributed by atoms with Crippen LogP contribution < -0.4 is 0 Å². The van der Waals surface area contributed by atoms with Crippen molar-refractivity contribution in [3.05, 3.63) is 146 Å². The zero-order valence-electron chi connectivity index (χ0n) is 22.8. The number of nitrogens with zero attached hydrogens (tertiary/aromatic N) is 3. The number of rotatable bonds is 4. The Kier molecular flexibility index (Phi) is 5.19. The highest BCUT2D eigenvalue weighted by molar-refractivity contribution is 6.30. The van der Waals surface area contributed by atoms with Crippen LogP contribution in [0.25, 0.3) is 71.2 Å². The average Bonchev–Trinajstić information content (AvgIpc) is 3.59. The molecule has 0 spiro atoms. The zero-order valence-corrected chi connectivity index (χ0v) is 22.8. The van der Waals surface area contributed by atoms with Crippen molar-refractivity contribution in [2.75, 3.05) is 0 Å². The first-order chi connectivity index (χ1) is 20.3. The van der Waals surface area contributed by atoms with Gasteiger partial charge in [-0.3, -0.25) is 4.98 Å². The molecule has 0 bridgehead atoms. The van der Waals surface area contributed by atoms with Gasteiger partial charge in [-0.15, -0.1) is 0 Å². The van der Waals surface area contributed by atoms with Gasteiger partial charge in [0.15, 0.2) is 0 Å². The molecule has 3 nitrogen and oxygen atoms in total. The summed E-state index contributed by atoms with van der Waals surface area (Å²) in [6, 6.07) is 37.2. The molecule has 0 aliphatic carbocycles. The van der Waals surface area contributed by atoms with Gasteiger partial charge in [0, 0.05) is 45.0 Å². The lowest BCUT2D eigenvalue weighted by Crippen LogP contribution is -1.96. The van der Waals surface area contributed by atoms with Crippen LogP contribution in [0.1, 0.15) is 12.5 Å². The molecule has 4 aromatic carbocycles. The number of fused-ring (bicyclic) bond motifs is 12. The maximum absolute atomic E-state index is 4.26. The molecule has 0 saturated heterocycles. The minimum Gasteiger partial charge on any atom is -0.309 e. The first-order valence-electron chi connectivity index (χ1n) is 14.0. The molecule has 4 aromatic heterocycles. The van der Waals surface area contributed by atoms with Gasteiger partial charge in [0.25, 0.3) is 0 Å². The summed E-state index contributed by atoms with van der Waals surface area (Å²) in [5.74, 6) is 0. The molecule has 0 radical (unpaired) electrons. The van der Waals surface area contributed by atoms with E-state index in [4.69, 9.17) is 0 Å². The van der Waals surface area contributed by atoms with E-state index in [1.807, 2.05) is 30.6 Å². The van der Waals surface area contributed by atoms with Crippen molar-refractivity contribution in [3.8, 4) is 0 Å². The minimum atomic E-state index is 1.03. The highest BCUT2D eigenvalue weighted by Gasteiger charge is 2.20. The van der Waals surface area contributed by atoms with Gasteiger partial charge in [0.05, 0.1) is 27.6 Å². The van der Waals surface area contributed by atoms with Crippen molar-refractivity contribution >= 4 is 71.2 Å². The number of hydrogen-bond acceptors (Lipinski definition) is 1. The van der Waals surface area contributed by atoms with Crippen molar-refractivity contribution in [3.63, 3.8) is 0 Å². The van der Waals surface area contributed by atoms with Crippen molar-refractivity contribution in [1.29, 1.82) is 0 Å². The molecule has 3 heteroatoms. The molecule has 0 saturated carbocycles. The molecular formula is C38H27N3. The summed E-state index contributed by atoms with van der Waals surface area (Å²) in [7, 11) is 0. The molecular weight excluding hydrogens is 498 g/mol. The summed E-state index contributed by atoms with van der Waals surface area (Å²) in [4.78, 5) is 4.21. The lowest BCUT2D eigenvalue weighted by Gasteiger charge is -2.13. The molecule has 0 unspecified atom stereocenters. The average molecular weight is 526 g/mol. The SMILES string of the molecule is C=C/C(=C\C(=C/C)c1ccncc1)n1c2ccccc2c2c3c(ccc21)c1ccccc1n1c2ccccc2cc31. The van der Waals surface area contributed by atoms with Crippen LogP contribution in [-0.2, 0) is 0 Å². The molecule has 41 heavy (non-hydrogen) atoms. The topological polar surface area (TPSA) is 22.2 Å². The normalized spacial score (nSPS) is 12.9. The molecule has 8 rings (SSSR count). The summed E-state index contributed by atoms with van der Waals surface area (Å²) in [5, 5.41) is 7.53. The van der Waals surface area contributed by atoms with Crippen LogP contribution in [0.2, 0.25) is 0 Å². The van der Waals surface area contributed by atoms with E-state index in [0.717, 1.165) is 27.9 Å². The number of aromatic nitrogens is 3. The van der Waals surface area contributed by atoms with Crippen LogP contribution in [-0.4, -0.2) is 14.0 Å². The van der Waals surface area contributed by atoms with E-state index < -0.39 is 0 Å². The van der Waals surface area contributed by atoms with Crippen LogP contribution in [0.3, 0.4) is 0 Å². The lowest BCUT2D eigenvalue weighted by atomic mass is 10.00.